The molecule has 0 radical (unpaired) electrons. The summed E-state index contributed by atoms with van der Waals surface area (Å²) in [5.41, 5.74) is 0.691. The minimum absolute atomic E-state index is 0.0448. The van der Waals surface area contributed by atoms with Gasteiger partial charge in [-0.3, -0.25) is 4.79 Å². The van der Waals surface area contributed by atoms with Gasteiger partial charge in [0.15, 0.2) is 0 Å². The maximum atomic E-state index is 11.4. The minimum Gasteiger partial charge on any atom is -0.481 e. The van der Waals surface area contributed by atoms with Crippen molar-refractivity contribution < 1.29 is 14.3 Å². The maximum Gasteiger partial charge on any atom is 0.233 e. The van der Waals surface area contributed by atoms with Gasteiger partial charge in [-0.2, -0.15) is 0 Å². The number of hydrogen-bond acceptors (Lipinski definition) is 6. The van der Waals surface area contributed by atoms with E-state index in [-0.39, 0.29) is 12.5 Å². The van der Waals surface area contributed by atoms with Gasteiger partial charge in [-0.05, 0) is 6.42 Å². The summed E-state index contributed by atoms with van der Waals surface area (Å²) >= 11 is 0. The zero-order valence-electron chi connectivity index (χ0n) is 11.5. The summed E-state index contributed by atoms with van der Waals surface area (Å²) < 4.78 is 10.3. The van der Waals surface area contributed by atoms with Crippen LogP contribution in [0.5, 0.6) is 11.8 Å². The van der Waals surface area contributed by atoms with Gasteiger partial charge >= 0.3 is 0 Å². The third-order valence-corrected chi connectivity index (χ3v) is 2.41. The van der Waals surface area contributed by atoms with Gasteiger partial charge in [0.2, 0.25) is 17.7 Å². The number of methoxy groups -OCH3 is 2. The van der Waals surface area contributed by atoms with Gasteiger partial charge in [0.05, 0.1) is 26.3 Å². The molecule has 0 aliphatic heterocycles. The van der Waals surface area contributed by atoms with Gasteiger partial charge in [0, 0.05) is 13.1 Å². The van der Waals surface area contributed by atoms with E-state index in [1.807, 2.05) is 6.92 Å². The summed E-state index contributed by atoms with van der Waals surface area (Å²) in [7, 11) is 3.05. The van der Waals surface area contributed by atoms with E-state index in [0.29, 0.717) is 30.4 Å². The van der Waals surface area contributed by atoms with E-state index in [9.17, 15) is 4.79 Å². The van der Waals surface area contributed by atoms with Crippen molar-refractivity contribution in [1.29, 1.82) is 0 Å². The third-order valence-electron chi connectivity index (χ3n) is 2.41. The summed E-state index contributed by atoms with van der Waals surface area (Å²) in [6.07, 6.45) is 2.29. The lowest BCUT2D eigenvalue weighted by molar-refractivity contribution is -0.120. The van der Waals surface area contributed by atoms with Crippen LogP contribution >= 0.6 is 0 Å². The molecule has 0 aliphatic rings. The lowest BCUT2D eigenvalue weighted by atomic mass is 10.3. The van der Waals surface area contributed by atoms with Crippen LogP contribution in [0.4, 0.5) is 0 Å². The lowest BCUT2D eigenvalue weighted by Crippen LogP contribution is -2.34. The molecule has 0 saturated carbocycles. The fourth-order valence-electron chi connectivity index (χ4n) is 1.51. The van der Waals surface area contributed by atoms with Crippen molar-refractivity contribution in [2.24, 2.45) is 0 Å². The average molecular weight is 268 g/mol. The number of carbonyl (C=O) groups is 1. The molecule has 1 amide bonds. The predicted octanol–water partition coefficient (Wildman–Crippen LogP) is 0.110. The molecule has 106 valence electrons. The largest absolute Gasteiger partial charge is 0.481 e. The zero-order chi connectivity index (χ0) is 14.1. The second-order valence-corrected chi connectivity index (χ2v) is 3.82. The molecule has 0 unspecified atom stereocenters. The monoisotopic (exact) mass is 268 g/mol. The molecule has 1 heterocycles. The van der Waals surface area contributed by atoms with Crippen LogP contribution in [0.25, 0.3) is 0 Å². The molecule has 0 atom stereocenters. The van der Waals surface area contributed by atoms with E-state index in [2.05, 4.69) is 20.6 Å². The molecule has 0 saturated heterocycles. The van der Waals surface area contributed by atoms with E-state index >= 15 is 0 Å². The molecule has 7 heteroatoms. The standard InChI is InChI=1S/C12H20N4O3/c1-4-5-14-10(17)7-13-6-9-11(18-2)15-8-16-12(9)19-3/h8,13H,4-7H2,1-3H3,(H,14,17). The molecular weight excluding hydrogens is 248 g/mol. The molecule has 1 rings (SSSR count). The first-order valence-electron chi connectivity index (χ1n) is 6.12. The molecular formula is C12H20N4O3. The number of aromatic nitrogens is 2. The molecule has 0 bridgehead atoms. The Labute approximate surface area is 112 Å². The molecule has 0 spiro atoms. The van der Waals surface area contributed by atoms with Crippen molar-refractivity contribution in [1.82, 2.24) is 20.6 Å². The van der Waals surface area contributed by atoms with E-state index in [0.717, 1.165) is 6.42 Å². The van der Waals surface area contributed by atoms with E-state index in [4.69, 9.17) is 9.47 Å². The van der Waals surface area contributed by atoms with Crippen molar-refractivity contribution in [3.63, 3.8) is 0 Å². The Hall–Kier alpha value is -1.89. The number of carbonyl (C=O) groups excluding carboxylic acids is 1. The zero-order valence-corrected chi connectivity index (χ0v) is 11.5. The first kappa shape index (κ1) is 15.2. The van der Waals surface area contributed by atoms with Crippen LogP contribution in [0.3, 0.4) is 0 Å². The second kappa shape index (κ2) is 8.25. The van der Waals surface area contributed by atoms with Gasteiger partial charge < -0.3 is 20.1 Å². The van der Waals surface area contributed by atoms with Gasteiger partial charge in [0.1, 0.15) is 6.33 Å². The Morgan fingerprint density at radius 1 is 1.26 bits per heavy atom. The van der Waals surface area contributed by atoms with E-state index in [1.165, 1.54) is 20.5 Å². The van der Waals surface area contributed by atoms with Crippen LogP contribution in [0.2, 0.25) is 0 Å². The Morgan fingerprint density at radius 2 is 1.89 bits per heavy atom. The normalized spacial score (nSPS) is 10.1. The number of nitrogens with one attached hydrogen (secondary N) is 2. The number of nitrogens with zero attached hydrogens (tertiary/aromatic N) is 2. The predicted molar refractivity (Wildman–Crippen MR) is 70.1 cm³/mol. The fourth-order valence-corrected chi connectivity index (χ4v) is 1.51. The summed E-state index contributed by atoms with van der Waals surface area (Å²) in [6.45, 7) is 3.31. The van der Waals surface area contributed by atoms with Crippen LogP contribution in [0.1, 0.15) is 18.9 Å². The van der Waals surface area contributed by atoms with Gasteiger partial charge in [-0.1, -0.05) is 6.92 Å². The number of amides is 1. The molecule has 0 fully saturated rings. The highest BCUT2D eigenvalue weighted by atomic mass is 16.5. The van der Waals surface area contributed by atoms with Gasteiger partial charge in [-0.25, -0.2) is 9.97 Å². The summed E-state index contributed by atoms with van der Waals surface area (Å²) in [4.78, 5) is 19.4. The maximum absolute atomic E-state index is 11.4. The number of rotatable bonds is 8. The van der Waals surface area contributed by atoms with Gasteiger partial charge in [-0.15, -0.1) is 0 Å². The van der Waals surface area contributed by atoms with Crippen molar-refractivity contribution >= 4 is 5.91 Å². The van der Waals surface area contributed by atoms with E-state index in [1.54, 1.807) is 0 Å². The molecule has 19 heavy (non-hydrogen) atoms. The van der Waals surface area contributed by atoms with Crippen molar-refractivity contribution in [2.75, 3.05) is 27.3 Å². The Bertz CT molecular complexity index is 390. The first-order valence-corrected chi connectivity index (χ1v) is 6.12. The quantitative estimate of drug-likeness (QED) is 0.696. The smallest absolute Gasteiger partial charge is 0.233 e. The van der Waals surface area contributed by atoms with Gasteiger partial charge in [0.25, 0.3) is 0 Å². The fraction of sp³-hybridized carbons (Fsp3) is 0.583. The van der Waals surface area contributed by atoms with Crippen molar-refractivity contribution in [3.8, 4) is 11.8 Å². The Morgan fingerprint density at radius 3 is 2.42 bits per heavy atom. The third kappa shape index (κ3) is 4.70. The van der Waals surface area contributed by atoms with Crippen LogP contribution in [0.15, 0.2) is 6.33 Å². The minimum atomic E-state index is -0.0448. The summed E-state index contributed by atoms with van der Waals surface area (Å²) in [6, 6.07) is 0. The van der Waals surface area contributed by atoms with Crippen molar-refractivity contribution in [3.05, 3.63) is 11.9 Å². The highest BCUT2D eigenvalue weighted by Crippen LogP contribution is 2.22. The molecule has 1 aromatic heterocycles. The molecule has 7 nitrogen and oxygen atoms in total. The first-order chi connectivity index (χ1) is 9.22. The lowest BCUT2D eigenvalue weighted by Gasteiger charge is -2.11. The van der Waals surface area contributed by atoms with E-state index < -0.39 is 0 Å². The molecule has 0 aliphatic carbocycles. The Balaban J connectivity index is 2.54. The van der Waals surface area contributed by atoms with Crippen LogP contribution < -0.4 is 20.1 Å². The molecule has 0 aromatic carbocycles. The van der Waals surface area contributed by atoms with Crippen LogP contribution in [-0.4, -0.2) is 43.2 Å². The summed E-state index contributed by atoms with van der Waals surface area (Å²) in [5, 5.41) is 5.79. The number of ether oxygens (including phenoxy) is 2. The topological polar surface area (TPSA) is 85.4 Å². The van der Waals surface area contributed by atoms with Crippen molar-refractivity contribution in [2.45, 2.75) is 19.9 Å². The Kier molecular flexibility index (Phi) is 6.59. The number of hydrogen-bond donors (Lipinski definition) is 2. The summed E-state index contributed by atoms with van der Waals surface area (Å²) in [5.74, 6) is 0.832. The molecule has 2 N–H and O–H groups in total. The second-order valence-electron chi connectivity index (χ2n) is 3.82. The SMILES string of the molecule is CCCNC(=O)CNCc1c(OC)ncnc1OC. The average Bonchev–Trinajstić information content (AvgIpc) is 2.45. The van der Waals surface area contributed by atoms with Crippen LogP contribution in [0, 0.1) is 0 Å². The highest BCUT2D eigenvalue weighted by Gasteiger charge is 2.12. The molecule has 1 aromatic rings. The van der Waals surface area contributed by atoms with Crippen LogP contribution in [-0.2, 0) is 11.3 Å². The highest BCUT2D eigenvalue weighted by molar-refractivity contribution is 5.77.